The van der Waals surface area contributed by atoms with E-state index in [9.17, 15) is 4.79 Å². The van der Waals surface area contributed by atoms with Crippen LogP contribution >= 0.6 is 11.3 Å². The van der Waals surface area contributed by atoms with Gasteiger partial charge >= 0.3 is 0 Å². The minimum Gasteiger partial charge on any atom is -0.338 e. The van der Waals surface area contributed by atoms with Crippen molar-refractivity contribution in [1.82, 2.24) is 14.9 Å². The van der Waals surface area contributed by atoms with E-state index >= 15 is 0 Å². The Balaban J connectivity index is 1.67. The number of amides is 1. The van der Waals surface area contributed by atoms with Gasteiger partial charge in [-0.15, -0.1) is 11.3 Å². The monoisotopic (exact) mass is 329 g/mol. The summed E-state index contributed by atoms with van der Waals surface area (Å²) in [5.41, 5.74) is 1.94. The Bertz CT molecular complexity index is 668. The molecule has 23 heavy (non-hydrogen) atoms. The minimum absolute atomic E-state index is 0.163. The molecule has 0 radical (unpaired) electrons. The van der Waals surface area contributed by atoms with Crippen LogP contribution in [0.3, 0.4) is 0 Å². The molecule has 1 aliphatic rings. The van der Waals surface area contributed by atoms with Crippen LogP contribution in [0.15, 0.2) is 24.4 Å². The molecule has 1 aliphatic heterocycles. The molecule has 0 aromatic carbocycles. The van der Waals surface area contributed by atoms with Crippen LogP contribution in [0.25, 0.3) is 0 Å². The Hall–Kier alpha value is -1.75. The summed E-state index contributed by atoms with van der Waals surface area (Å²) in [6, 6.07) is 5.96. The van der Waals surface area contributed by atoms with Gasteiger partial charge < -0.3 is 4.90 Å². The second kappa shape index (κ2) is 7.21. The molecule has 0 aliphatic carbocycles. The van der Waals surface area contributed by atoms with E-state index in [2.05, 4.69) is 16.9 Å². The van der Waals surface area contributed by atoms with Crippen molar-refractivity contribution in [1.29, 1.82) is 0 Å². The highest BCUT2D eigenvalue weighted by Crippen LogP contribution is 2.24. The second-order valence-corrected chi connectivity index (χ2v) is 7.43. The zero-order chi connectivity index (χ0) is 16.2. The van der Waals surface area contributed by atoms with Crippen molar-refractivity contribution in [2.75, 3.05) is 13.1 Å². The van der Waals surface area contributed by atoms with Crippen molar-refractivity contribution in [2.45, 2.75) is 39.5 Å². The molecule has 3 rings (SSSR count). The van der Waals surface area contributed by atoms with E-state index in [0.29, 0.717) is 5.92 Å². The number of aryl methyl sites for hydroxylation is 3. The van der Waals surface area contributed by atoms with Crippen LogP contribution in [0, 0.1) is 12.8 Å². The molecule has 122 valence electrons. The molecule has 0 N–H and O–H groups in total. The summed E-state index contributed by atoms with van der Waals surface area (Å²) in [5.74, 6) is 0.764. The largest absolute Gasteiger partial charge is 0.338 e. The molecular formula is C18H23N3OS. The molecule has 0 spiro atoms. The summed E-state index contributed by atoms with van der Waals surface area (Å²) in [6.07, 6.45) is 5.85. The second-order valence-electron chi connectivity index (χ2n) is 6.34. The Morgan fingerprint density at radius 3 is 3.00 bits per heavy atom. The predicted molar refractivity (Wildman–Crippen MR) is 92.8 cm³/mol. The number of carbonyl (C=O) groups is 1. The maximum Gasteiger partial charge on any atom is 0.265 e. The van der Waals surface area contributed by atoms with Crippen LogP contribution in [0.2, 0.25) is 0 Å². The highest BCUT2D eigenvalue weighted by Gasteiger charge is 2.25. The summed E-state index contributed by atoms with van der Waals surface area (Å²) < 4.78 is 0. The van der Waals surface area contributed by atoms with Crippen LogP contribution in [-0.2, 0) is 12.8 Å². The van der Waals surface area contributed by atoms with Gasteiger partial charge in [-0.3, -0.25) is 9.78 Å². The van der Waals surface area contributed by atoms with E-state index in [4.69, 9.17) is 0 Å². The number of rotatable bonds is 4. The van der Waals surface area contributed by atoms with Gasteiger partial charge in [0.25, 0.3) is 5.91 Å². The summed E-state index contributed by atoms with van der Waals surface area (Å²) in [6.45, 7) is 5.92. The van der Waals surface area contributed by atoms with E-state index in [0.717, 1.165) is 53.6 Å². The number of likely N-dealkylation sites (tertiary alicyclic amines) is 1. The van der Waals surface area contributed by atoms with Crippen molar-refractivity contribution >= 4 is 17.2 Å². The lowest BCUT2D eigenvalue weighted by atomic mass is 10.0. The molecule has 1 amide bonds. The molecule has 0 bridgehead atoms. The molecular weight excluding hydrogens is 306 g/mol. The molecule has 5 heteroatoms. The zero-order valence-corrected chi connectivity index (χ0v) is 14.6. The summed E-state index contributed by atoms with van der Waals surface area (Å²) in [7, 11) is 0. The predicted octanol–water partition coefficient (Wildman–Crippen LogP) is 3.50. The van der Waals surface area contributed by atoms with Crippen molar-refractivity contribution in [3.63, 3.8) is 0 Å². The highest BCUT2D eigenvalue weighted by molar-refractivity contribution is 7.13. The van der Waals surface area contributed by atoms with Crippen LogP contribution in [-0.4, -0.2) is 33.9 Å². The van der Waals surface area contributed by atoms with Gasteiger partial charge in [-0.2, -0.15) is 0 Å². The quantitative estimate of drug-likeness (QED) is 0.862. The van der Waals surface area contributed by atoms with Crippen molar-refractivity contribution in [3.8, 4) is 0 Å². The molecule has 1 atom stereocenters. The number of hydrogen-bond acceptors (Lipinski definition) is 4. The van der Waals surface area contributed by atoms with E-state index < -0.39 is 0 Å². The van der Waals surface area contributed by atoms with Crippen LogP contribution in [0.5, 0.6) is 0 Å². The lowest BCUT2D eigenvalue weighted by Gasteiger charge is -2.30. The standard InChI is InChI=1S/C18H23N3OS/c1-13-6-5-11-21(12-13)18(22)17-14(2)20-16(23-17)9-8-15-7-3-4-10-19-15/h3-4,7,10,13H,5-6,8-9,11-12H2,1-2H3. The molecule has 4 nitrogen and oxygen atoms in total. The van der Waals surface area contributed by atoms with Crippen molar-refractivity contribution in [3.05, 3.63) is 45.7 Å². The van der Waals surface area contributed by atoms with E-state index in [1.54, 1.807) is 11.3 Å². The zero-order valence-electron chi connectivity index (χ0n) is 13.8. The first kappa shape index (κ1) is 16.1. The van der Waals surface area contributed by atoms with Crippen molar-refractivity contribution < 1.29 is 4.79 Å². The van der Waals surface area contributed by atoms with Crippen molar-refractivity contribution in [2.24, 2.45) is 5.92 Å². The molecule has 1 fully saturated rings. The Labute approximate surface area is 141 Å². The Morgan fingerprint density at radius 2 is 2.26 bits per heavy atom. The number of carbonyl (C=O) groups excluding carboxylic acids is 1. The fraction of sp³-hybridized carbons (Fsp3) is 0.500. The average molecular weight is 329 g/mol. The summed E-state index contributed by atoms with van der Waals surface area (Å²) in [5, 5.41) is 1.03. The van der Waals surface area contributed by atoms with E-state index in [-0.39, 0.29) is 5.91 Å². The number of pyridine rings is 1. The number of aromatic nitrogens is 2. The number of thiazole rings is 1. The fourth-order valence-electron chi connectivity index (χ4n) is 3.06. The lowest BCUT2D eigenvalue weighted by molar-refractivity contribution is 0.0687. The summed E-state index contributed by atoms with van der Waals surface area (Å²) >= 11 is 1.55. The molecule has 1 unspecified atom stereocenters. The van der Waals surface area contributed by atoms with Gasteiger partial charge in [0, 0.05) is 31.4 Å². The summed E-state index contributed by atoms with van der Waals surface area (Å²) in [4.78, 5) is 24.5. The minimum atomic E-state index is 0.163. The molecule has 2 aromatic rings. The third-order valence-corrected chi connectivity index (χ3v) is 5.51. The molecule has 3 heterocycles. The number of piperidine rings is 1. The number of hydrogen-bond donors (Lipinski definition) is 0. The SMILES string of the molecule is Cc1nc(CCc2ccccn2)sc1C(=O)N1CCCC(C)C1. The normalized spacial score (nSPS) is 18.2. The van der Waals surface area contributed by atoms with E-state index in [1.807, 2.05) is 36.2 Å². The lowest BCUT2D eigenvalue weighted by Crippen LogP contribution is -2.39. The molecule has 1 saturated heterocycles. The van der Waals surface area contributed by atoms with Gasteiger partial charge in [0.05, 0.1) is 10.7 Å². The maximum absolute atomic E-state index is 12.7. The highest BCUT2D eigenvalue weighted by atomic mass is 32.1. The Kier molecular flexibility index (Phi) is 5.06. The average Bonchev–Trinajstić information content (AvgIpc) is 2.94. The van der Waals surface area contributed by atoms with Crippen LogP contribution < -0.4 is 0 Å². The van der Waals surface area contributed by atoms with Gasteiger partial charge in [0.15, 0.2) is 0 Å². The first-order valence-electron chi connectivity index (χ1n) is 8.29. The topological polar surface area (TPSA) is 46.1 Å². The Morgan fingerprint density at radius 1 is 1.39 bits per heavy atom. The first-order chi connectivity index (χ1) is 11.1. The third-order valence-electron chi connectivity index (χ3n) is 4.30. The number of nitrogens with zero attached hydrogens (tertiary/aromatic N) is 3. The van der Waals surface area contributed by atoms with Gasteiger partial charge in [0.1, 0.15) is 4.88 Å². The third kappa shape index (κ3) is 3.96. The smallest absolute Gasteiger partial charge is 0.265 e. The maximum atomic E-state index is 12.7. The molecule has 0 saturated carbocycles. The van der Waals surface area contributed by atoms with Gasteiger partial charge in [0.2, 0.25) is 0 Å². The first-order valence-corrected chi connectivity index (χ1v) is 9.10. The van der Waals surface area contributed by atoms with Gasteiger partial charge in [-0.1, -0.05) is 13.0 Å². The fourth-order valence-corrected chi connectivity index (χ4v) is 4.09. The van der Waals surface area contributed by atoms with Crippen LogP contribution in [0.4, 0.5) is 0 Å². The van der Waals surface area contributed by atoms with Gasteiger partial charge in [-0.25, -0.2) is 4.98 Å². The van der Waals surface area contributed by atoms with Gasteiger partial charge in [-0.05, 0) is 44.2 Å². The molecule has 2 aromatic heterocycles. The van der Waals surface area contributed by atoms with E-state index in [1.165, 1.54) is 6.42 Å². The van der Waals surface area contributed by atoms with Crippen LogP contribution in [0.1, 0.15) is 45.8 Å².